The second-order valence-corrected chi connectivity index (χ2v) is 9.88. The minimum Gasteiger partial charge on any atom is -0.497 e. The van der Waals surface area contributed by atoms with E-state index in [9.17, 15) is 8.42 Å². The van der Waals surface area contributed by atoms with Crippen LogP contribution < -0.4 is 14.4 Å². The Morgan fingerprint density at radius 1 is 0.968 bits per heavy atom. The number of sulfonamides is 1. The monoisotopic (exact) mass is 444 g/mol. The van der Waals surface area contributed by atoms with E-state index in [1.807, 2.05) is 19.1 Å². The van der Waals surface area contributed by atoms with Crippen molar-refractivity contribution in [1.29, 1.82) is 0 Å². The summed E-state index contributed by atoms with van der Waals surface area (Å²) in [7, 11) is -0.707. The molecule has 2 unspecified atom stereocenters. The number of benzene rings is 1. The molecule has 2 aliphatic rings. The van der Waals surface area contributed by atoms with Crippen LogP contribution in [0.25, 0.3) is 5.65 Å². The van der Waals surface area contributed by atoms with E-state index in [0.717, 1.165) is 24.7 Å². The fraction of sp³-hybridized carbons (Fsp3) is 0.450. The second kappa shape index (κ2) is 7.34. The maximum Gasteiger partial charge on any atom is 0.246 e. The van der Waals surface area contributed by atoms with Crippen molar-refractivity contribution in [2.75, 3.05) is 45.3 Å². The Labute approximate surface area is 180 Å². The van der Waals surface area contributed by atoms with E-state index >= 15 is 0 Å². The molecule has 2 fully saturated rings. The van der Waals surface area contributed by atoms with Gasteiger partial charge in [-0.15, -0.1) is 15.3 Å². The topological polar surface area (TPSA) is 102 Å². The molecule has 10 nitrogen and oxygen atoms in total. The first-order valence-electron chi connectivity index (χ1n) is 10.1. The zero-order valence-corrected chi connectivity index (χ0v) is 18.4. The molecule has 1 aromatic carbocycles. The SMILES string of the molecule is COc1ccc(OC)c(S(=O)(=O)N2CC3CN(c4ccc5nnc(C)n5n4)CC3C2)c1. The summed E-state index contributed by atoms with van der Waals surface area (Å²) in [6, 6.07) is 8.69. The molecule has 31 heavy (non-hydrogen) atoms. The fourth-order valence-electron chi connectivity index (χ4n) is 4.51. The molecule has 5 rings (SSSR count). The first kappa shape index (κ1) is 20.0. The van der Waals surface area contributed by atoms with Crippen LogP contribution in [0.1, 0.15) is 5.82 Å². The lowest BCUT2D eigenvalue weighted by molar-refractivity contribution is 0.387. The van der Waals surface area contributed by atoms with Gasteiger partial charge in [-0.05, 0) is 43.0 Å². The van der Waals surface area contributed by atoms with Crippen LogP contribution in [-0.4, -0.2) is 72.9 Å². The summed E-state index contributed by atoms with van der Waals surface area (Å²) in [5, 5.41) is 12.8. The number of aromatic nitrogens is 4. The Morgan fingerprint density at radius 2 is 1.71 bits per heavy atom. The highest BCUT2D eigenvalue weighted by Crippen LogP contribution is 2.38. The molecule has 2 atom stereocenters. The van der Waals surface area contributed by atoms with Gasteiger partial charge in [-0.3, -0.25) is 0 Å². The highest BCUT2D eigenvalue weighted by atomic mass is 32.2. The molecule has 0 spiro atoms. The van der Waals surface area contributed by atoms with Crippen molar-refractivity contribution < 1.29 is 17.9 Å². The van der Waals surface area contributed by atoms with Gasteiger partial charge in [0.15, 0.2) is 11.5 Å². The zero-order chi connectivity index (χ0) is 21.8. The first-order chi connectivity index (χ1) is 14.9. The van der Waals surface area contributed by atoms with Crippen molar-refractivity contribution in [2.45, 2.75) is 11.8 Å². The van der Waals surface area contributed by atoms with E-state index in [4.69, 9.17) is 9.47 Å². The molecule has 0 aliphatic carbocycles. The standard InChI is InChI=1S/C20H24N6O4S/c1-13-21-22-19-6-7-20(23-26(13)19)24-9-14-11-25(12-15(14)10-24)31(27,28)18-8-16(29-2)4-5-17(18)30-3/h4-8,14-15H,9-12H2,1-3H3. The number of hydrogen-bond acceptors (Lipinski definition) is 8. The lowest BCUT2D eigenvalue weighted by atomic mass is 10.0. The predicted molar refractivity (Wildman–Crippen MR) is 113 cm³/mol. The largest absolute Gasteiger partial charge is 0.497 e. The molecule has 2 aromatic heterocycles. The second-order valence-electron chi connectivity index (χ2n) is 7.97. The predicted octanol–water partition coefficient (Wildman–Crippen LogP) is 1.21. The first-order valence-corrected chi connectivity index (χ1v) is 11.5. The number of rotatable bonds is 5. The maximum absolute atomic E-state index is 13.4. The Balaban J connectivity index is 1.35. The third-order valence-electron chi connectivity index (χ3n) is 6.17. The van der Waals surface area contributed by atoms with Crippen molar-refractivity contribution in [2.24, 2.45) is 11.8 Å². The Bertz CT molecular complexity index is 1230. The summed E-state index contributed by atoms with van der Waals surface area (Å²) in [4.78, 5) is 2.35. The highest BCUT2D eigenvalue weighted by Gasteiger charge is 2.45. The van der Waals surface area contributed by atoms with E-state index in [-0.39, 0.29) is 16.7 Å². The summed E-state index contributed by atoms with van der Waals surface area (Å²) in [6.07, 6.45) is 0. The minimum absolute atomic E-state index is 0.140. The zero-order valence-electron chi connectivity index (χ0n) is 17.6. The van der Waals surface area contributed by atoms with Crippen LogP contribution in [-0.2, 0) is 10.0 Å². The van der Waals surface area contributed by atoms with Gasteiger partial charge in [0.25, 0.3) is 0 Å². The normalized spacial score (nSPS) is 21.6. The summed E-state index contributed by atoms with van der Waals surface area (Å²) in [6.45, 7) is 4.32. The summed E-state index contributed by atoms with van der Waals surface area (Å²) in [5.41, 5.74) is 0.713. The smallest absolute Gasteiger partial charge is 0.246 e. The summed E-state index contributed by atoms with van der Waals surface area (Å²) >= 11 is 0. The molecule has 0 N–H and O–H groups in total. The molecule has 4 heterocycles. The van der Waals surface area contributed by atoms with Crippen molar-refractivity contribution in [3.05, 3.63) is 36.2 Å². The molecule has 0 radical (unpaired) electrons. The van der Waals surface area contributed by atoms with Crippen LogP contribution in [0.5, 0.6) is 11.5 Å². The number of methoxy groups -OCH3 is 2. The van der Waals surface area contributed by atoms with Gasteiger partial charge in [-0.2, -0.15) is 8.82 Å². The van der Waals surface area contributed by atoms with E-state index < -0.39 is 10.0 Å². The number of anilines is 1. The number of hydrogen-bond donors (Lipinski definition) is 0. The number of aryl methyl sites for hydroxylation is 1. The van der Waals surface area contributed by atoms with Gasteiger partial charge >= 0.3 is 0 Å². The Morgan fingerprint density at radius 3 is 2.39 bits per heavy atom. The molecule has 11 heteroatoms. The van der Waals surface area contributed by atoms with Gasteiger partial charge in [0.1, 0.15) is 22.2 Å². The van der Waals surface area contributed by atoms with Crippen LogP contribution in [0, 0.1) is 18.8 Å². The molecule has 3 aromatic rings. The molecular formula is C20H24N6O4S. The summed E-state index contributed by atoms with van der Waals surface area (Å²) in [5.74, 6) is 2.88. The van der Waals surface area contributed by atoms with Crippen LogP contribution in [0.3, 0.4) is 0 Å². The minimum atomic E-state index is -3.69. The van der Waals surface area contributed by atoms with Gasteiger partial charge in [0.2, 0.25) is 10.0 Å². The van der Waals surface area contributed by atoms with E-state index in [2.05, 4.69) is 20.2 Å². The van der Waals surface area contributed by atoms with E-state index in [1.54, 1.807) is 21.0 Å². The fourth-order valence-corrected chi connectivity index (χ4v) is 6.24. The van der Waals surface area contributed by atoms with Crippen molar-refractivity contribution in [1.82, 2.24) is 24.1 Å². The third-order valence-corrected chi connectivity index (χ3v) is 8.02. The molecule has 0 saturated carbocycles. The van der Waals surface area contributed by atoms with Crippen molar-refractivity contribution in [3.63, 3.8) is 0 Å². The van der Waals surface area contributed by atoms with E-state index in [0.29, 0.717) is 30.2 Å². The lowest BCUT2D eigenvalue weighted by Crippen LogP contribution is -2.33. The van der Waals surface area contributed by atoms with Gasteiger partial charge < -0.3 is 14.4 Å². The molecule has 0 amide bonds. The molecule has 2 aliphatic heterocycles. The third kappa shape index (κ3) is 3.28. The Hall–Kier alpha value is -2.92. The molecule has 164 valence electrons. The maximum atomic E-state index is 13.4. The van der Waals surface area contributed by atoms with Crippen molar-refractivity contribution >= 4 is 21.5 Å². The van der Waals surface area contributed by atoms with Gasteiger partial charge in [-0.1, -0.05) is 0 Å². The molecular weight excluding hydrogens is 420 g/mol. The summed E-state index contributed by atoms with van der Waals surface area (Å²) < 4.78 is 40.6. The average Bonchev–Trinajstić information content (AvgIpc) is 3.46. The quantitative estimate of drug-likeness (QED) is 0.579. The number of fused-ring (bicyclic) bond motifs is 2. The highest BCUT2D eigenvalue weighted by molar-refractivity contribution is 7.89. The number of nitrogens with zero attached hydrogens (tertiary/aromatic N) is 6. The van der Waals surface area contributed by atoms with Gasteiger partial charge in [0, 0.05) is 32.2 Å². The number of ether oxygens (including phenoxy) is 2. The van der Waals surface area contributed by atoms with Crippen LogP contribution in [0.2, 0.25) is 0 Å². The molecule has 0 bridgehead atoms. The van der Waals surface area contributed by atoms with Gasteiger partial charge in [-0.25, -0.2) is 8.42 Å². The van der Waals surface area contributed by atoms with Crippen molar-refractivity contribution in [3.8, 4) is 11.5 Å². The van der Waals surface area contributed by atoms with Crippen LogP contribution >= 0.6 is 0 Å². The van der Waals surface area contributed by atoms with Crippen LogP contribution in [0.15, 0.2) is 35.2 Å². The molecule has 2 saturated heterocycles. The average molecular weight is 445 g/mol. The van der Waals surface area contributed by atoms with Gasteiger partial charge in [0.05, 0.1) is 14.2 Å². The van der Waals surface area contributed by atoms with Crippen LogP contribution in [0.4, 0.5) is 5.82 Å². The van der Waals surface area contributed by atoms with E-state index in [1.165, 1.54) is 20.3 Å². The lowest BCUT2D eigenvalue weighted by Gasteiger charge is -2.23. The Kier molecular flexibility index (Phi) is 4.74.